The average molecular weight is 365 g/mol. The Kier molecular flexibility index (Phi) is 6.99. The molecule has 27 heavy (non-hydrogen) atoms. The van der Waals surface area contributed by atoms with Crippen LogP contribution in [0.5, 0.6) is 0 Å². The number of nitrogens with zero attached hydrogens (tertiary/aromatic N) is 2. The van der Waals surface area contributed by atoms with Gasteiger partial charge in [0, 0.05) is 39.3 Å². The van der Waals surface area contributed by atoms with Crippen LogP contribution >= 0.6 is 0 Å². The molecule has 142 valence electrons. The van der Waals surface area contributed by atoms with Gasteiger partial charge in [0.25, 0.3) is 0 Å². The van der Waals surface area contributed by atoms with Gasteiger partial charge in [0.15, 0.2) is 0 Å². The van der Waals surface area contributed by atoms with Gasteiger partial charge in [0.05, 0.1) is 0 Å². The number of piperazine rings is 1. The Morgan fingerprint density at radius 1 is 0.815 bits per heavy atom. The van der Waals surface area contributed by atoms with Crippen LogP contribution in [0.25, 0.3) is 0 Å². The Morgan fingerprint density at radius 3 is 2.04 bits per heavy atom. The molecule has 0 radical (unpaired) electrons. The summed E-state index contributed by atoms with van der Waals surface area (Å²) in [5, 5.41) is 2.76. The molecule has 0 saturated carbocycles. The van der Waals surface area contributed by atoms with E-state index in [1.54, 1.807) is 4.90 Å². The second-order valence-corrected chi connectivity index (χ2v) is 6.90. The number of carbonyl (C=O) groups excluding carboxylic acids is 2. The van der Waals surface area contributed by atoms with Gasteiger partial charge in [-0.1, -0.05) is 60.7 Å². The van der Waals surface area contributed by atoms with Crippen molar-refractivity contribution < 1.29 is 9.59 Å². The van der Waals surface area contributed by atoms with Crippen molar-refractivity contribution in [3.63, 3.8) is 0 Å². The normalized spacial score (nSPS) is 14.7. The zero-order valence-electron chi connectivity index (χ0n) is 15.6. The number of carbonyl (C=O) groups is 2. The molecular formula is C22H27N3O2. The molecule has 1 heterocycles. The smallest absolute Gasteiger partial charge is 0.311 e. The van der Waals surface area contributed by atoms with Gasteiger partial charge in [-0.3, -0.25) is 14.5 Å². The van der Waals surface area contributed by atoms with Gasteiger partial charge in [-0.25, -0.2) is 0 Å². The van der Waals surface area contributed by atoms with Gasteiger partial charge >= 0.3 is 11.8 Å². The molecular weight excluding hydrogens is 338 g/mol. The van der Waals surface area contributed by atoms with Crippen LogP contribution in [-0.2, 0) is 22.6 Å². The molecule has 5 nitrogen and oxygen atoms in total. The monoisotopic (exact) mass is 365 g/mol. The molecule has 1 fully saturated rings. The Balaban J connectivity index is 1.35. The van der Waals surface area contributed by atoms with Gasteiger partial charge in [0.2, 0.25) is 0 Å². The average Bonchev–Trinajstić information content (AvgIpc) is 2.72. The van der Waals surface area contributed by atoms with E-state index in [1.807, 2.05) is 36.4 Å². The van der Waals surface area contributed by atoms with Crippen LogP contribution in [0.15, 0.2) is 60.7 Å². The van der Waals surface area contributed by atoms with Crippen LogP contribution in [0.4, 0.5) is 0 Å². The summed E-state index contributed by atoms with van der Waals surface area (Å²) >= 11 is 0. The molecule has 1 aliphatic heterocycles. The highest BCUT2D eigenvalue weighted by molar-refractivity contribution is 6.35. The maximum Gasteiger partial charge on any atom is 0.311 e. The third-order valence-electron chi connectivity index (χ3n) is 4.87. The number of nitrogens with one attached hydrogen (secondary N) is 1. The number of hydrogen-bond acceptors (Lipinski definition) is 3. The highest BCUT2D eigenvalue weighted by Crippen LogP contribution is 2.08. The van der Waals surface area contributed by atoms with E-state index < -0.39 is 11.8 Å². The first-order valence-corrected chi connectivity index (χ1v) is 9.60. The van der Waals surface area contributed by atoms with Crippen molar-refractivity contribution in [2.24, 2.45) is 0 Å². The Morgan fingerprint density at radius 2 is 1.41 bits per heavy atom. The lowest BCUT2D eigenvalue weighted by Gasteiger charge is -2.34. The molecule has 0 aliphatic carbocycles. The van der Waals surface area contributed by atoms with Crippen LogP contribution in [0.3, 0.4) is 0 Å². The predicted molar refractivity (Wildman–Crippen MR) is 106 cm³/mol. The third-order valence-corrected chi connectivity index (χ3v) is 4.87. The fraction of sp³-hybridized carbons (Fsp3) is 0.364. The molecule has 0 bridgehead atoms. The molecule has 2 amide bonds. The molecule has 3 rings (SSSR count). The zero-order valence-corrected chi connectivity index (χ0v) is 15.6. The number of aryl methyl sites for hydroxylation is 1. The number of hydrogen-bond donors (Lipinski definition) is 1. The van der Waals surface area contributed by atoms with Crippen molar-refractivity contribution in [2.45, 2.75) is 19.4 Å². The second-order valence-electron chi connectivity index (χ2n) is 6.90. The van der Waals surface area contributed by atoms with Gasteiger partial charge in [-0.2, -0.15) is 0 Å². The Labute approximate surface area is 161 Å². The summed E-state index contributed by atoms with van der Waals surface area (Å²) in [5.41, 5.74) is 2.51. The number of amides is 2. The van der Waals surface area contributed by atoms with Gasteiger partial charge in [-0.05, 0) is 24.0 Å². The molecule has 1 aliphatic rings. The number of rotatable bonds is 6. The minimum Gasteiger partial charge on any atom is -0.348 e. The molecule has 0 unspecified atom stereocenters. The molecule has 1 N–H and O–H groups in total. The Bertz CT molecular complexity index is 726. The third kappa shape index (κ3) is 5.93. The highest BCUT2D eigenvalue weighted by atomic mass is 16.2. The first-order valence-electron chi connectivity index (χ1n) is 9.60. The lowest BCUT2D eigenvalue weighted by atomic mass is 10.1. The second kappa shape index (κ2) is 9.88. The Hall–Kier alpha value is -2.66. The van der Waals surface area contributed by atoms with Gasteiger partial charge in [-0.15, -0.1) is 0 Å². The zero-order chi connectivity index (χ0) is 18.9. The minimum atomic E-state index is -0.487. The van der Waals surface area contributed by atoms with Crippen LogP contribution < -0.4 is 5.32 Å². The lowest BCUT2D eigenvalue weighted by molar-refractivity contribution is -0.147. The first-order chi connectivity index (χ1) is 13.2. The molecule has 2 aromatic carbocycles. The fourth-order valence-corrected chi connectivity index (χ4v) is 3.31. The SMILES string of the molecule is O=C(NCCCc1ccccc1)C(=O)N1CCN(Cc2ccccc2)CC1. The standard InChI is InChI=1S/C22H27N3O2/c26-21(23-13-7-12-19-8-3-1-4-9-19)22(27)25-16-14-24(15-17-25)18-20-10-5-2-6-11-20/h1-6,8-11H,7,12-18H2,(H,23,26). The largest absolute Gasteiger partial charge is 0.348 e. The van der Waals surface area contributed by atoms with E-state index >= 15 is 0 Å². The van der Waals surface area contributed by atoms with Crippen LogP contribution in [0.1, 0.15) is 17.5 Å². The van der Waals surface area contributed by atoms with Crippen molar-refractivity contribution in [2.75, 3.05) is 32.7 Å². The predicted octanol–water partition coefficient (Wildman–Crippen LogP) is 2.08. The first kappa shape index (κ1) is 19.1. The minimum absolute atomic E-state index is 0.408. The van der Waals surface area contributed by atoms with E-state index in [1.165, 1.54) is 11.1 Å². The summed E-state index contributed by atoms with van der Waals surface area (Å²) < 4.78 is 0. The lowest BCUT2D eigenvalue weighted by Crippen LogP contribution is -2.52. The van der Waals surface area contributed by atoms with Crippen molar-refractivity contribution in [1.29, 1.82) is 0 Å². The number of benzene rings is 2. The van der Waals surface area contributed by atoms with Crippen LogP contribution in [0.2, 0.25) is 0 Å². The van der Waals surface area contributed by atoms with E-state index in [4.69, 9.17) is 0 Å². The maximum atomic E-state index is 12.3. The highest BCUT2D eigenvalue weighted by Gasteiger charge is 2.25. The summed E-state index contributed by atoms with van der Waals surface area (Å²) in [5.74, 6) is -0.895. The summed E-state index contributed by atoms with van der Waals surface area (Å²) in [6, 6.07) is 20.5. The molecule has 0 spiro atoms. The van der Waals surface area contributed by atoms with Gasteiger partial charge < -0.3 is 10.2 Å². The van der Waals surface area contributed by atoms with Gasteiger partial charge in [0.1, 0.15) is 0 Å². The van der Waals surface area contributed by atoms with E-state index in [2.05, 4.69) is 34.5 Å². The fourth-order valence-electron chi connectivity index (χ4n) is 3.31. The molecule has 0 aromatic heterocycles. The molecule has 2 aromatic rings. The summed E-state index contributed by atoms with van der Waals surface area (Å²) in [6.45, 7) is 4.19. The summed E-state index contributed by atoms with van der Waals surface area (Å²) in [4.78, 5) is 28.4. The quantitative estimate of drug-likeness (QED) is 0.630. The molecule has 1 saturated heterocycles. The van der Waals surface area contributed by atoms with Crippen molar-refractivity contribution in [1.82, 2.24) is 15.1 Å². The van der Waals surface area contributed by atoms with Crippen LogP contribution in [-0.4, -0.2) is 54.3 Å². The van der Waals surface area contributed by atoms with E-state index in [9.17, 15) is 9.59 Å². The summed E-state index contributed by atoms with van der Waals surface area (Å²) in [6.07, 6.45) is 1.72. The van der Waals surface area contributed by atoms with Crippen molar-refractivity contribution in [3.8, 4) is 0 Å². The van der Waals surface area contributed by atoms with E-state index in [0.717, 1.165) is 32.5 Å². The topological polar surface area (TPSA) is 52.7 Å². The summed E-state index contributed by atoms with van der Waals surface area (Å²) in [7, 11) is 0. The van der Waals surface area contributed by atoms with E-state index in [0.29, 0.717) is 19.6 Å². The van der Waals surface area contributed by atoms with E-state index in [-0.39, 0.29) is 0 Å². The molecule has 5 heteroatoms. The maximum absolute atomic E-state index is 12.3. The van der Waals surface area contributed by atoms with Crippen molar-refractivity contribution >= 4 is 11.8 Å². The molecule has 0 atom stereocenters. The van der Waals surface area contributed by atoms with Crippen LogP contribution in [0, 0.1) is 0 Å². The van der Waals surface area contributed by atoms with Crippen molar-refractivity contribution in [3.05, 3.63) is 71.8 Å².